The van der Waals surface area contributed by atoms with E-state index in [2.05, 4.69) is 36.2 Å². The lowest BCUT2D eigenvalue weighted by Gasteiger charge is -2.10. The molecule has 96 valence electrons. The molecule has 0 radical (unpaired) electrons. The van der Waals surface area contributed by atoms with Crippen molar-refractivity contribution in [3.63, 3.8) is 0 Å². The first kappa shape index (κ1) is 12.6. The lowest BCUT2D eigenvalue weighted by molar-refractivity contribution is 0.403. The van der Waals surface area contributed by atoms with E-state index < -0.39 is 0 Å². The van der Waals surface area contributed by atoms with Gasteiger partial charge in [0.25, 0.3) is 0 Å². The Hall–Kier alpha value is -1.84. The minimum Gasteiger partial charge on any atom is -0.373 e. The van der Waals surface area contributed by atoms with Crippen molar-refractivity contribution in [2.45, 2.75) is 26.7 Å². The fourth-order valence-corrected chi connectivity index (χ4v) is 1.68. The summed E-state index contributed by atoms with van der Waals surface area (Å²) in [7, 11) is 1.85. The van der Waals surface area contributed by atoms with Crippen LogP contribution in [0.3, 0.4) is 0 Å². The molecule has 2 aromatic rings. The minimum absolute atomic E-state index is 0.384. The molecular formula is C14H19N3O. The zero-order valence-electron chi connectivity index (χ0n) is 11.3. The van der Waals surface area contributed by atoms with Gasteiger partial charge in [-0.3, -0.25) is 0 Å². The minimum atomic E-state index is 0.384. The molecule has 0 aromatic carbocycles. The Morgan fingerprint density at radius 2 is 2.00 bits per heavy atom. The molecular weight excluding hydrogens is 226 g/mol. The summed E-state index contributed by atoms with van der Waals surface area (Å²) in [5.41, 5.74) is 1.79. The molecule has 18 heavy (non-hydrogen) atoms. The number of nitrogens with zero attached hydrogens (tertiary/aromatic N) is 2. The van der Waals surface area contributed by atoms with Gasteiger partial charge in [-0.2, -0.15) is 0 Å². The Labute approximate surface area is 107 Å². The highest BCUT2D eigenvalue weighted by atomic mass is 16.5. The van der Waals surface area contributed by atoms with Crippen LogP contribution in [0.25, 0.3) is 11.5 Å². The van der Waals surface area contributed by atoms with Crippen LogP contribution in [0.2, 0.25) is 0 Å². The van der Waals surface area contributed by atoms with Crippen LogP contribution in [0.5, 0.6) is 0 Å². The van der Waals surface area contributed by atoms with E-state index in [9.17, 15) is 0 Å². The van der Waals surface area contributed by atoms with Crippen LogP contribution in [0.15, 0.2) is 28.8 Å². The molecule has 0 spiro atoms. The predicted molar refractivity (Wildman–Crippen MR) is 72.5 cm³/mol. The quantitative estimate of drug-likeness (QED) is 0.895. The van der Waals surface area contributed by atoms with Crippen molar-refractivity contribution in [1.82, 2.24) is 10.1 Å². The molecule has 2 heterocycles. The molecule has 0 saturated carbocycles. The average Bonchev–Trinajstić information content (AvgIpc) is 2.87. The summed E-state index contributed by atoms with van der Waals surface area (Å²) < 4.78 is 5.38. The van der Waals surface area contributed by atoms with Crippen LogP contribution in [-0.4, -0.2) is 17.2 Å². The Bertz CT molecular complexity index is 519. The van der Waals surface area contributed by atoms with Gasteiger partial charge in [-0.25, -0.2) is 4.98 Å². The third-order valence-corrected chi connectivity index (χ3v) is 3.25. The average molecular weight is 245 g/mol. The molecule has 1 atom stereocenters. The zero-order chi connectivity index (χ0) is 13.1. The Morgan fingerprint density at radius 3 is 2.67 bits per heavy atom. The first-order valence-corrected chi connectivity index (χ1v) is 6.23. The molecule has 0 bridgehead atoms. The third kappa shape index (κ3) is 2.53. The topological polar surface area (TPSA) is 51.0 Å². The normalized spacial score (nSPS) is 12.7. The molecule has 0 aliphatic rings. The molecule has 0 aliphatic carbocycles. The highest BCUT2D eigenvalue weighted by Crippen LogP contribution is 2.27. The van der Waals surface area contributed by atoms with Crippen molar-refractivity contribution in [3.05, 3.63) is 30.0 Å². The van der Waals surface area contributed by atoms with Gasteiger partial charge in [-0.1, -0.05) is 32.0 Å². The highest BCUT2D eigenvalue weighted by Gasteiger charge is 2.16. The fourth-order valence-electron chi connectivity index (χ4n) is 1.68. The SMILES string of the molecule is CNc1cccc(-c2cc(C(C)C(C)C)no2)n1. The van der Waals surface area contributed by atoms with Crippen LogP contribution in [0, 0.1) is 5.92 Å². The molecule has 0 amide bonds. The first-order valence-electron chi connectivity index (χ1n) is 6.23. The van der Waals surface area contributed by atoms with E-state index in [1.54, 1.807) is 0 Å². The van der Waals surface area contributed by atoms with Gasteiger partial charge in [0, 0.05) is 19.0 Å². The summed E-state index contributed by atoms with van der Waals surface area (Å²) in [5.74, 6) is 2.46. The maximum atomic E-state index is 5.38. The van der Waals surface area contributed by atoms with Gasteiger partial charge in [0.05, 0.1) is 5.69 Å². The van der Waals surface area contributed by atoms with E-state index >= 15 is 0 Å². The largest absolute Gasteiger partial charge is 0.373 e. The number of anilines is 1. The molecule has 0 aliphatic heterocycles. The van der Waals surface area contributed by atoms with E-state index in [1.807, 2.05) is 31.3 Å². The lowest BCUT2D eigenvalue weighted by atomic mass is 9.94. The smallest absolute Gasteiger partial charge is 0.185 e. The van der Waals surface area contributed by atoms with Crippen molar-refractivity contribution in [3.8, 4) is 11.5 Å². The second kappa shape index (κ2) is 5.21. The second-order valence-electron chi connectivity index (χ2n) is 4.81. The van der Waals surface area contributed by atoms with E-state index in [4.69, 9.17) is 4.52 Å². The number of rotatable bonds is 4. The molecule has 2 rings (SSSR count). The van der Waals surface area contributed by atoms with Crippen molar-refractivity contribution >= 4 is 5.82 Å². The lowest BCUT2D eigenvalue weighted by Crippen LogP contribution is -2.01. The van der Waals surface area contributed by atoms with Gasteiger partial charge in [0.15, 0.2) is 5.76 Å². The summed E-state index contributed by atoms with van der Waals surface area (Å²) in [6.45, 7) is 6.52. The Morgan fingerprint density at radius 1 is 1.22 bits per heavy atom. The van der Waals surface area contributed by atoms with Crippen LogP contribution >= 0.6 is 0 Å². The molecule has 4 heteroatoms. The van der Waals surface area contributed by atoms with Gasteiger partial charge < -0.3 is 9.84 Å². The van der Waals surface area contributed by atoms with E-state index in [1.165, 1.54) is 0 Å². The molecule has 4 nitrogen and oxygen atoms in total. The van der Waals surface area contributed by atoms with Gasteiger partial charge in [-0.05, 0) is 18.1 Å². The van der Waals surface area contributed by atoms with Crippen LogP contribution < -0.4 is 5.32 Å². The molecule has 0 fully saturated rings. The predicted octanol–water partition coefficient (Wildman–Crippen LogP) is 3.54. The van der Waals surface area contributed by atoms with E-state index in [0.717, 1.165) is 23.0 Å². The standard InChI is InChI=1S/C14H19N3O/c1-9(2)10(3)12-8-13(18-17-12)11-6-5-7-14(15-4)16-11/h5-10H,1-4H3,(H,15,16). The van der Waals surface area contributed by atoms with E-state index in [-0.39, 0.29) is 0 Å². The first-order chi connectivity index (χ1) is 8.61. The van der Waals surface area contributed by atoms with Gasteiger partial charge in [0.1, 0.15) is 11.5 Å². The van der Waals surface area contributed by atoms with Crippen LogP contribution in [0.1, 0.15) is 32.4 Å². The van der Waals surface area contributed by atoms with Gasteiger partial charge >= 0.3 is 0 Å². The second-order valence-corrected chi connectivity index (χ2v) is 4.81. The molecule has 2 aromatic heterocycles. The third-order valence-electron chi connectivity index (χ3n) is 3.25. The summed E-state index contributed by atoms with van der Waals surface area (Å²) >= 11 is 0. The molecule has 1 N–H and O–H groups in total. The number of hydrogen-bond donors (Lipinski definition) is 1. The monoisotopic (exact) mass is 245 g/mol. The fraction of sp³-hybridized carbons (Fsp3) is 0.429. The summed E-state index contributed by atoms with van der Waals surface area (Å²) in [6, 6.07) is 7.76. The summed E-state index contributed by atoms with van der Waals surface area (Å²) in [5, 5.41) is 7.15. The van der Waals surface area contributed by atoms with Crippen LogP contribution in [-0.2, 0) is 0 Å². The van der Waals surface area contributed by atoms with Crippen LogP contribution in [0.4, 0.5) is 5.82 Å². The zero-order valence-corrected chi connectivity index (χ0v) is 11.3. The van der Waals surface area contributed by atoms with Gasteiger partial charge in [0.2, 0.25) is 0 Å². The Kier molecular flexibility index (Phi) is 3.65. The number of pyridine rings is 1. The highest BCUT2D eigenvalue weighted by molar-refractivity contribution is 5.55. The Balaban J connectivity index is 2.29. The molecule has 0 saturated heterocycles. The van der Waals surface area contributed by atoms with Crippen molar-refractivity contribution in [2.75, 3.05) is 12.4 Å². The van der Waals surface area contributed by atoms with E-state index in [0.29, 0.717) is 11.8 Å². The van der Waals surface area contributed by atoms with Crippen molar-refractivity contribution < 1.29 is 4.52 Å². The van der Waals surface area contributed by atoms with Gasteiger partial charge in [-0.15, -0.1) is 0 Å². The summed E-state index contributed by atoms with van der Waals surface area (Å²) in [6.07, 6.45) is 0. The molecule has 1 unspecified atom stereocenters. The number of hydrogen-bond acceptors (Lipinski definition) is 4. The summed E-state index contributed by atoms with van der Waals surface area (Å²) in [4.78, 5) is 4.43. The number of aromatic nitrogens is 2. The maximum absolute atomic E-state index is 5.38. The number of nitrogens with one attached hydrogen (secondary N) is 1. The van der Waals surface area contributed by atoms with Crippen molar-refractivity contribution in [2.24, 2.45) is 5.92 Å². The maximum Gasteiger partial charge on any atom is 0.185 e. The van der Waals surface area contributed by atoms with Crippen molar-refractivity contribution in [1.29, 1.82) is 0 Å².